The van der Waals surface area contributed by atoms with Gasteiger partial charge in [0, 0.05) is 52.2 Å². The van der Waals surface area contributed by atoms with Crippen LogP contribution >= 0.6 is 0 Å². The van der Waals surface area contributed by atoms with Gasteiger partial charge in [0.1, 0.15) is 0 Å². The molecule has 1 aromatic rings. The van der Waals surface area contributed by atoms with Crippen LogP contribution in [-0.4, -0.2) is 103 Å². The molecule has 0 spiro atoms. The minimum Gasteiger partial charge on any atom is -0.379 e. The van der Waals surface area contributed by atoms with E-state index < -0.39 is 0 Å². The molecule has 0 radical (unpaired) electrons. The second-order valence-corrected chi connectivity index (χ2v) is 7.47. The van der Waals surface area contributed by atoms with E-state index in [0.29, 0.717) is 25.4 Å². The molecule has 3 aliphatic rings. The Balaban J connectivity index is 1.30. The van der Waals surface area contributed by atoms with Crippen LogP contribution in [0.4, 0.5) is 0 Å². The summed E-state index contributed by atoms with van der Waals surface area (Å²) in [6.45, 7) is 9.78. The van der Waals surface area contributed by atoms with Crippen molar-refractivity contribution in [3.8, 4) is 0 Å². The number of carbonyl (C=O) groups is 1. The average Bonchev–Trinajstić information content (AvgIpc) is 3.17. The van der Waals surface area contributed by atoms with Crippen LogP contribution in [0.3, 0.4) is 0 Å². The van der Waals surface area contributed by atoms with Crippen LogP contribution in [0.5, 0.6) is 0 Å². The van der Waals surface area contributed by atoms with Gasteiger partial charge in [0.15, 0.2) is 5.82 Å². The summed E-state index contributed by atoms with van der Waals surface area (Å²) in [5, 5.41) is 4.15. The van der Waals surface area contributed by atoms with Gasteiger partial charge in [0.2, 0.25) is 11.8 Å². The summed E-state index contributed by atoms with van der Waals surface area (Å²) in [5.41, 5.74) is 0. The molecule has 4 heterocycles. The summed E-state index contributed by atoms with van der Waals surface area (Å²) in [7, 11) is 0. The molecule has 0 bridgehead atoms. The lowest BCUT2D eigenvalue weighted by molar-refractivity contribution is -0.134. The molecule has 1 amide bonds. The van der Waals surface area contributed by atoms with Crippen LogP contribution in [0.25, 0.3) is 0 Å². The maximum atomic E-state index is 12.3. The van der Waals surface area contributed by atoms with Gasteiger partial charge in [-0.25, -0.2) is 0 Å². The number of ether oxygens (including phenoxy) is 2. The molecule has 0 aliphatic carbocycles. The molecule has 4 rings (SSSR count). The molecule has 27 heavy (non-hydrogen) atoms. The molecule has 0 saturated carbocycles. The van der Waals surface area contributed by atoms with Crippen molar-refractivity contribution in [2.75, 3.05) is 72.2 Å². The van der Waals surface area contributed by atoms with Crippen LogP contribution in [0.15, 0.2) is 4.52 Å². The molecule has 9 nitrogen and oxygen atoms in total. The number of likely N-dealkylation sites (tertiary alicyclic amines) is 1. The number of rotatable bonds is 6. The highest BCUT2D eigenvalue weighted by Crippen LogP contribution is 2.26. The van der Waals surface area contributed by atoms with E-state index in [0.717, 1.165) is 77.9 Å². The molecule has 0 aromatic carbocycles. The zero-order valence-electron chi connectivity index (χ0n) is 15.8. The van der Waals surface area contributed by atoms with Gasteiger partial charge < -0.3 is 18.9 Å². The van der Waals surface area contributed by atoms with Crippen molar-refractivity contribution in [2.45, 2.75) is 25.3 Å². The van der Waals surface area contributed by atoms with Gasteiger partial charge in [-0.2, -0.15) is 4.98 Å². The maximum Gasteiger partial charge on any atom is 0.231 e. The Morgan fingerprint density at radius 2 is 1.67 bits per heavy atom. The molecule has 3 aliphatic heterocycles. The first-order chi connectivity index (χ1) is 13.3. The van der Waals surface area contributed by atoms with Crippen LogP contribution < -0.4 is 0 Å². The van der Waals surface area contributed by atoms with Crippen molar-refractivity contribution in [3.05, 3.63) is 11.7 Å². The summed E-state index contributed by atoms with van der Waals surface area (Å²) < 4.78 is 16.3. The Labute approximate surface area is 159 Å². The summed E-state index contributed by atoms with van der Waals surface area (Å²) in [6.07, 6.45) is 1.33. The van der Waals surface area contributed by atoms with Gasteiger partial charge in [-0.15, -0.1) is 0 Å². The molecular formula is C18H29N5O4. The van der Waals surface area contributed by atoms with Gasteiger partial charge >= 0.3 is 0 Å². The lowest BCUT2D eigenvalue weighted by Gasteiger charge is -2.34. The first-order valence-electron chi connectivity index (χ1n) is 9.98. The summed E-state index contributed by atoms with van der Waals surface area (Å²) in [6, 6.07) is 0. The molecule has 1 atom stereocenters. The number of amides is 1. The fraction of sp³-hybridized carbons (Fsp3) is 0.833. The monoisotopic (exact) mass is 379 g/mol. The van der Waals surface area contributed by atoms with Crippen molar-refractivity contribution in [2.24, 2.45) is 0 Å². The SMILES string of the molecule is O=C1CC[C@H](c2nc(CN3CCOCC3)no2)CN1CCN1CCOCC1. The summed E-state index contributed by atoms with van der Waals surface area (Å²) >= 11 is 0. The first kappa shape index (κ1) is 18.8. The second kappa shape index (κ2) is 9.09. The Kier molecular flexibility index (Phi) is 6.33. The van der Waals surface area contributed by atoms with Gasteiger partial charge in [-0.1, -0.05) is 5.16 Å². The number of hydrogen-bond donors (Lipinski definition) is 0. The fourth-order valence-electron chi connectivity index (χ4n) is 3.88. The predicted octanol–water partition coefficient (Wildman–Crippen LogP) is -0.0600. The number of piperidine rings is 1. The Bertz CT molecular complexity index is 613. The molecule has 9 heteroatoms. The van der Waals surface area contributed by atoms with E-state index in [-0.39, 0.29) is 11.8 Å². The van der Waals surface area contributed by atoms with Crippen molar-refractivity contribution in [3.63, 3.8) is 0 Å². The van der Waals surface area contributed by atoms with Gasteiger partial charge in [-0.3, -0.25) is 14.6 Å². The molecule has 0 unspecified atom stereocenters. The minimum absolute atomic E-state index is 0.137. The average molecular weight is 379 g/mol. The highest BCUT2D eigenvalue weighted by molar-refractivity contribution is 5.77. The zero-order valence-corrected chi connectivity index (χ0v) is 15.8. The third-order valence-electron chi connectivity index (χ3n) is 5.59. The molecule has 0 N–H and O–H groups in total. The topological polar surface area (TPSA) is 84.2 Å². The zero-order chi connectivity index (χ0) is 18.5. The van der Waals surface area contributed by atoms with Crippen LogP contribution in [0.1, 0.15) is 30.5 Å². The molecule has 150 valence electrons. The highest BCUT2D eigenvalue weighted by Gasteiger charge is 2.30. The minimum atomic E-state index is 0.137. The van der Waals surface area contributed by atoms with E-state index >= 15 is 0 Å². The number of nitrogens with zero attached hydrogens (tertiary/aromatic N) is 5. The summed E-state index contributed by atoms with van der Waals surface area (Å²) in [4.78, 5) is 23.5. The van der Waals surface area contributed by atoms with Gasteiger partial charge in [-0.05, 0) is 6.42 Å². The van der Waals surface area contributed by atoms with Crippen molar-refractivity contribution >= 4 is 5.91 Å². The number of hydrogen-bond acceptors (Lipinski definition) is 8. The lowest BCUT2D eigenvalue weighted by atomic mass is 9.97. The first-order valence-corrected chi connectivity index (χ1v) is 9.98. The lowest BCUT2D eigenvalue weighted by Crippen LogP contribution is -2.46. The van der Waals surface area contributed by atoms with E-state index in [1.165, 1.54) is 0 Å². The molecule has 3 saturated heterocycles. The van der Waals surface area contributed by atoms with Crippen molar-refractivity contribution in [1.82, 2.24) is 24.8 Å². The molecular weight excluding hydrogens is 350 g/mol. The van der Waals surface area contributed by atoms with Crippen molar-refractivity contribution < 1.29 is 18.8 Å². The van der Waals surface area contributed by atoms with Gasteiger partial charge in [0.05, 0.1) is 38.9 Å². The third-order valence-corrected chi connectivity index (χ3v) is 5.59. The van der Waals surface area contributed by atoms with E-state index in [4.69, 9.17) is 14.0 Å². The Hall–Kier alpha value is -1.55. The third kappa shape index (κ3) is 5.04. The van der Waals surface area contributed by atoms with Crippen molar-refractivity contribution in [1.29, 1.82) is 0 Å². The maximum absolute atomic E-state index is 12.3. The fourth-order valence-corrected chi connectivity index (χ4v) is 3.88. The quantitative estimate of drug-likeness (QED) is 0.680. The normalized spacial score (nSPS) is 25.9. The van der Waals surface area contributed by atoms with Gasteiger partial charge in [0.25, 0.3) is 0 Å². The van der Waals surface area contributed by atoms with E-state index in [9.17, 15) is 4.79 Å². The predicted molar refractivity (Wildman–Crippen MR) is 96.2 cm³/mol. The molecule has 1 aromatic heterocycles. The number of morpholine rings is 2. The second-order valence-electron chi connectivity index (χ2n) is 7.47. The largest absolute Gasteiger partial charge is 0.379 e. The van der Waals surface area contributed by atoms with Crippen LogP contribution in [0, 0.1) is 0 Å². The van der Waals surface area contributed by atoms with E-state index in [1.807, 2.05) is 4.90 Å². The molecule has 3 fully saturated rings. The standard InChI is InChI=1S/C18H29N5O4/c24-17-2-1-15(13-23(17)4-3-21-5-9-25-10-6-21)18-19-16(20-27-18)14-22-7-11-26-12-8-22/h15H,1-14H2/t15-/m0/s1. The number of aromatic nitrogens is 2. The number of carbonyl (C=O) groups excluding carboxylic acids is 1. The Morgan fingerprint density at radius 1 is 0.963 bits per heavy atom. The van der Waals surface area contributed by atoms with E-state index in [2.05, 4.69) is 19.9 Å². The Morgan fingerprint density at radius 3 is 2.41 bits per heavy atom. The summed E-state index contributed by atoms with van der Waals surface area (Å²) in [5.74, 6) is 1.76. The van der Waals surface area contributed by atoms with Crippen LogP contribution in [-0.2, 0) is 20.8 Å². The van der Waals surface area contributed by atoms with E-state index in [1.54, 1.807) is 0 Å². The smallest absolute Gasteiger partial charge is 0.231 e. The highest BCUT2D eigenvalue weighted by atomic mass is 16.5. The van der Waals surface area contributed by atoms with Crippen LogP contribution in [0.2, 0.25) is 0 Å².